The van der Waals surface area contributed by atoms with Crippen molar-refractivity contribution < 1.29 is 0 Å². The summed E-state index contributed by atoms with van der Waals surface area (Å²) in [6.07, 6.45) is 17.7. The smallest absolute Gasteiger partial charge is 0.0557 e. The molecule has 0 bridgehead atoms. The van der Waals surface area contributed by atoms with Gasteiger partial charge in [0.25, 0.3) is 0 Å². The van der Waals surface area contributed by atoms with Crippen molar-refractivity contribution in [1.29, 1.82) is 0 Å². The first-order valence-corrected chi connectivity index (χ1v) is 22.2. The number of nitrogens with zero attached hydrogens (tertiary/aromatic N) is 2. The van der Waals surface area contributed by atoms with Crippen LogP contribution in [0, 0.1) is 5.92 Å². The molecule has 0 saturated carbocycles. The predicted octanol–water partition coefficient (Wildman–Crippen LogP) is 15.8. The minimum Gasteiger partial charge on any atom is -0.334 e. The maximum Gasteiger partial charge on any atom is 0.0557 e. The summed E-state index contributed by atoms with van der Waals surface area (Å²) >= 11 is 0. The van der Waals surface area contributed by atoms with E-state index in [1.807, 2.05) is 0 Å². The minimum atomic E-state index is -0.114. The maximum atomic E-state index is 2.54. The van der Waals surface area contributed by atoms with Crippen molar-refractivity contribution in [2.45, 2.75) is 56.9 Å². The molecule has 2 nitrogen and oxygen atoms in total. The standard InChI is InChI=1S/C60H54N2/c1-59(2)40-39-48(27-18-22-45-21-14-16-29-56(45)59)61(46-23-10-6-11-24-46)49-33-31-44(32-34-49)52-37-35-50(41-55(52)43-19-8-5-9-20-43)62(47-25-12-7-13-26-47)51-36-38-54-53-28-15-17-30-57(53)60(3,4)58(54)42-51/h5-26,28-42,48,54,58H,27H2,1-4H3/b22-18+,40-39+. The maximum absolute atomic E-state index is 2.54. The van der Waals surface area contributed by atoms with Crippen LogP contribution in [0.15, 0.2) is 224 Å². The number of hydrogen-bond acceptors (Lipinski definition) is 2. The van der Waals surface area contributed by atoms with Gasteiger partial charge in [-0.15, -0.1) is 0 Å². The second-order valence-corrected chi connectivity index (χ2v) is 18.2. The third-order valence-electron chi connectivity index (χ3n) is 13.6. The summed E-state index contributed by atoms with van der Waals surface area (Å²) in [5.74, 6) is 0.729. The summed E-state index contributed by atoms with van der Waals surface area (Å²) < 4.78 is 0. The Morgan fingerprint density at radius 1 is 0.500 bits per heavy atom. The Morgan fingerprint density at radius 2 is 1.10 bits per heavy atom. The van der Waals surface area contributed by atoms with E-state index in [1.54, 1.807) is 0 Å². The van der Waals surface area contributed by atoms with E-state index >= 15 is 0 Å². The van der Waals surface area contributed by atoms with Crippen LogP contribution in [0.2, 0.25) is 0 Å². The van der Waals surface area contributed by atoms with Crippen molar-refractivity contribution in [3.8, 4) is 22.3 Å². The van der Waals surface area contributed by atoms with E-state index in [-0.39, 0.29) is 16.9 Å². The van der Waals surface area contributed by atoms with Crippen LogP contribution in [0.4, 0.5) is 22.7 Å². The minimum absolute atomic E-state index is 0.0190. The molecule has 0 saturated heterocycles. The van der Waals surface area contributed by atoms with Gasteiger partial charge in [-0.2, -0.15) is 0 Å². The van der Waals surface area contributed by atoms with E-state index in [4.69, 9.17) is 0 Å². The molecule has 3 unspecified atom stereocenters. The lowest BCUT2D eigenvalue weighted by Gasteiger charge is -2.35. The van der Waals surface area contributed by atoms with Gasteiger partial charge in [0.1, 0.15) is 0 Å². The molecule has 0 aromatic heterocycles. The number of hydrogen-bond donors (Lipinski definition) is 0. The molecule has 0 amide bonds. The van der Waals surface area contributed by atoms with Crippen molar-refractivity contribution in [1.82, 2.24) is 0 Å². The number of para-hydroxylation sites is 2. The van der Waals surface area contributed by atoms with Gasteiger partial charge < -0.3 is 9.80 Å². The second-order valence-electron chi connectivity index (χ2n) is 18.2. The van der Waals surface area contributed by atoms with Gasteiger partial charge in [-0.3, -0.25) is 0 Å². The zero-order chi connectivity index (χ0) is 42.3. The lowest BCUT2D eigenvalue weighted by Crippen LogP contribution is -2.29. The largest absolute Gasteiger partial charge is 0.334 e. The Hall–Kier alpha value is -6.90. The van der Waals surface area contributed by atoms with Crippen molar-refractivity contribution in [2.24, 2.45) is 5.92 Å². The normalized spacial score (nSPS) is 20.3. The lowest BCUT2D eigenvalue weighted by atomic mass is 9.74. The molecule has 0 spiro atoms. The first-order valence-electron chi connectivity index (χ1n) is 22.2. The highest BCUT2D eigenvalue weighted by molar-refractivity contribution is 5.88. The predicted molar refractivity (Wildman–Crippen MR) is 263 cm³/mol. The van der Waals surface area contributed by atoms with Crippen molar-refractivity contribution in [2.75, 3.05) is 9.80 Å². The van der Waals surface area contributed by atoms with Crippen molar-refractivity contribution >= 4 is 28.8 Å². The zero-order valence-electron chi connectivity index (χ0n) is 36.2. The molecule has 10 rings (SSSR count). The molecule has 3 atom stereocenters. The summed E-state index contributed by atoms with van der Waals surface area (Å²) in [5, 5.41) is 0. The van der Waals surface area contributed by atoms with E-state index in [2.05, 4.69) is 262 Å². The average Bonchev–Trinajstić information content (AvgIpc) is 3.57. The quantitative estimate of drug-likeness (QED) is 0.141. The first kappa shape index (κ1) is 39.2. The van der Waals surface area contributed by atoms with Crippen LogP contribution >= 0.6 is 0 Å². The van der Waals surface area contributed by atoms with Gasteiger partial charge in [0, 0.05) is 39.8 Å². The topological polar surface area (TPSA) is 6.48 Å². The fraction of sp³-hybridized carbons (Fsp3) is 0.167. The molecule has 2 heteroatoms. The van der Waals surface area contributed by atoms with E-state index in [0.717, 1.165) is 23.5 Å². The fourth-order valence-corrected chi connectivity index (χ4v) is 10.3. The van der Waals surface area contributed by atoms with Gasteiger partial charge in [-0.05, 0) is 117 Å². The highest BCUT2D eigenvalue weighted by Crippen LogP contribution is 2.54. The lowest BCUT2D eigenvalue weighted by molar-refractivity contribution is 0.392. The van der Waals surface area contributed by atoms with Crippen molar-refractivity contribution in [3.63, 3.8) is 0 Å². The molecular weight excluding hydrogens is 749 g/mol. The summed E-state index contributed by atoms with van der Waals surface area (Å²) in [4.78, 5) is 4.94. The Bertz CT molecular complexity index is 2830. The summed E-state index contributed by atoms with van der Waals surface area (Å²) in [6.45, 7) is 9.47. The second kappa shape index (κ2) is 16.2. The molecule has 0 radical (unpaired) electrons. The van der Waals surface area contributed by atoms with Crippen LogP contribution in [0.3, 0.4) is 0 Å². The Kier molecular flexibility index (Phi) is 10.2. The Balaban J connectivity index is 1.04. The van der Waals surface area contributed by atoms with Crippen LogP contribution in [0.25, 0.3) is 28.3 Å². The molecule has 3 aliphatic carbocycles. The molecular formula is C60H54N2. The monoisotopic (exact) mass is 802 g/mol. The number of benzene rings is 7. The van der Waals surface area contributed by atoms with Gasteiger partial charge in [0.15, 0.2) is 0 Å². The van der Waals surface area contributed by atoms with Gasteiger partial charge >= 0.3 is 0 Å². The summed E-state index contributed by atoms with van der Waals surface area (Å²) in [5.41, 5.74) is 16.1. The van der Waals surface area contributed by atoms with E-state index < -0.39 is 0 Å². The molecule has 304 valence electrons. The fourth-order valence-electron chi connectivity index (χ4n) is 10.3. The third-order valence-corrected chi connectivity index (χ3v) is 13.6. The Morgan fingerprint density at radius 3 is 1.84 bits per heavy atom. The average molecular weight is 803 g/mol. The van der Waals surface area contributed by atoms with E-state index in [1.165, 1.54) is 55.9 Å². The molecule has 0 fully saturated rings. The Labute approximate surface area is 368 Å². The number of fused-ring (bicyclic) bond motifs is 4. The van der Waals surface area contributed by atoms with Gasteiger partial charge in [-0.25, -0.2) is 0 Å². The van der Waals surface area contributed by atoms with Crippen LogP contribution in [-0.2, 0) is 10.8 Å². The highest BCUT2D eigenvalue weighted by Gasteiger charge is 2.45. The molecule has 0 aliphatic heterocycles. The zero-order valence-corrected chi connectivity index (χ0v) is 36.2. The SMILES string of the molecule is CC1(C)/C=C/C(N(c2ccccc2)c2ccc(-c3ccc(N(C4=CC5C(C=C4)c4ccccc4C5(C)C)c4ccccc4)cc3-c3ccccc3)cc2)C/C=C/c2ccccc21. The molecule has 62 heavy (non-hydrogen) atoms. The summed E-state index contributed by atoms with van der Waals surface area (Å²) in [6, 6.07) is 66.8. The molecule has 3 aliphatic rings. The van der Waals surface area contributed by atoms with Crippen LogP contribution < -0.4 is 9.80 Å². The first-order chi connectivity index (χ1) is 30.3. The molecule has 7 aromatic rings. The number of anilines is 4. The van der Waals surface area contributed by atoms with Crippen LogP contribution in [0.5, 0.6) is 0 Å². The van der Waals surface area contributed by atoms with E-state index in [9.17, 15) is 0 Å². The summed E-state index contributed by atoms with van der Waals surface area (Å²) in [7, 11) is 0. The van der Waals surface area contributed by atoms with Crippen LogP contribution in [0.1, 0.15) is 62.3 Å². The van der Waals surface area contributed by atoms with Gasteiger partial charge in [0.05, 0.1) is 6.04 Å². The van der Waals surface area contributed by atoms with Crippen molar-refractivity contribution in [3.05, 3.63) is 246 Å². The molecule has 7 aromatic carbocycles. The number of rotatable bonds is 8. The molecule has 0 N–H and O–H groups in total. The number of allylic oxidation sites excluding steroid dienone is 4. The van der Waals surface area contributed by atoms with Gasteiger partial charge in [-0.1, -0.05) is 198 Å². The molecule has 0 heterocycles. The van der Waals surface area contributed by atoms with Gasteiger partial charge in [0.2, 0.25) is 0 Å². The highest BCUT2D eigenvalue weighted by atomic mass is 15.2. The van der Waals surface area contributed by atoms with Crippen LogP contribution in [-0.4, -0.2) is 6.04 Å². The van der Waals surface area contributed by atoms with E-state index in [0.29, 0.717) is 11.8 Å². The third kappa shape index (κ3) is 7.24.